The Morgan fingerprint density at radius 1 is 1.35 bits per heavy atom. The summed E-state index contributed by atoms with van der Waals surface area (Å²) in [5, 5.41) is 3.18. The second-order valence-corrected chi connectivity index (χ2v) is 6.87. The van der Waals surface area contributed by atoms with E-state index in [1.165, 1.54) is 4.31 Å². The summed E-state index contributed by atoms with van der Waals surface area (Å²) in [4.78, 5) is 0.294. The third-order valence-electron chi connectivity index (χ3n) is 3.22. The molecule has 0 aliphatic carbocycles. The van der Waals surface area contributed by atoms with Crippen molar-refractivity contribution in [1.82, 2.24) is 9.62 Å². The normalized spacial score (nSPS) is 12.2. The average Bonchev–Trinajstić information content (AvgIpc) is 2.43. The lowest BCUT2D eigenvalue weighted by Crippen LogP contribution is -2.33. The van der Waals surface area contributed by atoms with Gasteiger partial charge in [-0.3, -0.25) is 0 Å². The number of ether oxygens (including phenoxy) is 1. The summed E-state index contributed by atoms with van der Waals surface area (Å²) in [6.45, 7) is 7.08. The molecule has 0 unspecified atom stereocenters. The number of sulfonamides is 1. The maximum Gasteiger partial charge on any atom is 0.243 e. The van der Waals surface area contributed by atoms with Crippen molar-refractivity contribution >= 4 is 10.0 Å². The molecule has 0 amide bonds. The standard InChI is InChI=1S/C14H24N2O3S/c1-6-15-10-12-9-13(7-8-14(12)19-5)20(17,18)16(4)11(2)3/h7-9,11,15H,6,10H2,1-5H3. The van der Waals surface area contributed by atoms with E-state index in [4.69, 9.17) is 4.74 Å². The minimum Gasteiger partial charge on any atom is -0.496 e. The van der Waals surface area contributed by atoms with Crippen molar-refractivity contribution in [3.8, 4) is 5.75 Å². The summed E-state index contributed by atoms with van der Waals surface area (Å²) in [5.74, 6) is 0.692. The highest BCUT2D eigenvalue weighted by atomic mass is 32.2. The molecule has 5 nitrogen and oxygen atoms in total. The van der Waals surface area contributed by atoms with E-state index in [1.807, 2.05) is 20.8 Å². The Morgan fingerprint density at radius 3 is 2.50 bits per heavy atom. The molecule has 0 aliphatic heterocycles. The monoisotopic (exact) mass is 300 g/mol. The highest BCUT2D eigenvalue weighted by Gasteiger charge is 2.23. The minimum absolute atomic E-state index is 0.0840. The zero-order chi connectivity index (χ0) is 15.3. The van der Waals surface area contributed by atoms with E-state index in [0.717, 1.165) is 12.1 Å². The molecule has 0 atom stereocenters. The number of rotatable bonds is 7. The van der Waals surface area contributed by atoms with Crippen LogP contribution in [0.25, 0.3) is 0 Å². The number of nitrogens with one attached hydrogen (secondary N) is 1. The van der Waals surface area contributed by atoms with E-state index >= 15 is 0 Å². The highest BCUT2D eigenvalue weighted by molar-refractivity contribution is 7.89. The molecule has 114 valence electrons. The number of hydrogen-bond acceptors (Lipinski definition) is 4. The van der Waals surface area contributed by atoms with Crippen LogP contribution < -0.4 is 10.1 Å². The van der Waals surface area contributed by atoms with Gasteiger partial charge in [0.15, 0.2) is 0 Å². The molecule has 0 spiro atoms. The molecule has 0 saturated heterocycles. The molecule has 0 saturated carbocycles. The maximum absolute atomic E-state index is 12.5. The predicted molar refractivity (Wildman–Crippen MR) is 80.5 cm³/mol. The van der Waals surface area contributed by atoms with Crippen molar-refractivity contribution in [2.75, 3.05) is 20.7 Å². The fraction of sp³-hybridized carbons (Fsp3) is 0.571. The van der Waals surface area contributed by atoms with Gasteiger partial charge in [0.25, 0.3) is 0 Å². The maximum atomic E-state index is 12.5. The van der Waals surface area contributed by atoms with Gasteiger partial charge in [-0.1, -0.05) is 6.92 Å². The van der Waals surface area contributed by atoms with Crippen LogP contribution in [0.5, 0.6) is 5.75 Å². The van der Waals surface area contributed by atoms with E-state index in [-0.39, 0.29) is 6.04 Å². The van der Waals surface area contributed by atoms with Crippen molar-refractivity contribution in [3.63, 3.8) is 0 Å². The van der Waals surface area contributed by atoms with Crippen LogP contribution in [-0.2, 0) is 16.6 Å². The molecule has 1 N–H and O–H groups in total. The number of hydrogen-bond donors (Lipinski definition) is 1. The van der Waals surface area contributed by atoms with Gasteiger partial charge in [0.2, 0.25) is 10.0 Å². The summed E-state index contributed by atoms with van der Waals surface area (Å²) in [6.07, 6.45) is 0. The highest BCUT2D eigenvalue weighted by Crippen LogP contribution is 2.24. The Labute approximate surface area is 122 Å². The van der Waals surface area contributed by atoms with Gasteiger partial charge in [-0.2, -0.15) is 4.31 Å². The molecule has 0 aromatic heterocycles. The third-order valence-corrected chi connectivity index (χ3v) is 5.25. The topological polar surface area (TPSA) is 58.6 Å². The van der Waals surface area contributed by atoms with Crippen molar-refractivity contribution in [1.29, 1.82) is 0 Å². The zero-order valence-corrected chi connectivity index (χ0v) is 13.6. The molecule has 0 radical (unpaired) electrons. The van der Waals surface area contributed by atoms with Crippen molar-refractivity contribution in [2.24, 2.45) is 0 Å². The van der Waals surface area contributed by atoms with Crippen molar-refractivity contribution in [3.05, 3.63) is 23.8 Å². The summed E-state index contributed by atoms with van der Waals surface area (Å²) in [7, 11) is -0.287. The molecular formula is C14H24N2O3S. The number of benzene rings is 1. The lowest BCUT2D eigenvalue weighted by molar-refractivity contribution is 0.404. The number of methoxy groups -OCH3 is 1. The van der Waals surface area contributed by atoms with Crippen LogP contribution in [0.4, 0.5) is 0 Å². The first-order chi connectivity index (χ1) is 9.34. The van der Waals surface area contributed by atoms with Gasteiger partial charge in [0.1, 0.15) is 5.75 Å². The molecule has 1 rings (SSSR count). The molecule has 6 heteroatoms. The quantitative estimate of drug-likeness (QED) is 0.834. The summed E-state index contributed by atoms with van der Waals surface area (Å²) in [5.41, 5.74) is 0.840. The van der Waals surface area contributed by atoms with Crippen LogP contribution in [-0.4, -0.2) is 39.5 Å². The van der Waals surface area contributed by atoms with Crippen LogP contribution in [0.1, 0.15) is 26.3 Å². The molecular weight excluding hydrogens is 276 g/mol. The van der Waals surface area contributed by atoms with Gasteiger partial charge < -0.3 is 10.1 Å². The van der Waals surface area contributed by atoms with E-state index in [9.17, 15) is 8.42 Å². The van der Waals surface area contributed by atoms with Gasteiger partial charge in [0.05, 0.1) is 12.0 Å². The van der Waals surface area contributed by atoms with E-state index in [2.05, 4.69) is 5.32 Å². The molecule has 1 aromatic rings. The smallest absolute Gasteiger partial charge is 0.243 e. The van der Waals surface area contributed by atoms with Gasteiger partial charge >= 0.3 is 0 Å². The Bertz CT molecular complexity index is 541. The van der Waals surface area contributed by atoms with Crippen LogP contribution in [0.3, 0.4) is 0 Å². The fourth-order valence-electron chi connectivity index (χ4n) is 1.76. The Kier molecular flexibility index (Phi) is 5.98. The van der Waals surface area contributed by atoms with Crippen LogP contribution in [0.2, 0.25) is 0 Å². The molecule has 0 fully saturated rings. The molecule has 1 aromatic carbocycles. The largest absolute Gasteiger partial charge is 0.496 e. The van der Waals surface area contributed by atoms with Crippen LogP contribution in [0.15, 0.2) is 23.1 Å². The predicted octanol–water partition coefficient (Wildman–Crippen LogP) is 1.83. The number of nitrogens with zero attached hydrogens (tertiary/aromatic N) is 1. The Morgan fingerprint density at radius 2 is 2.00 bits per heavy atom. The SMILES string of the molecule is CCNCc1cc(S(=O)(=O)N(C)C(C)C)ccc1OC. The Balaban J connectivity index is 3.20. The summed E-state index contributed by atoms with van der Waals surface area (Å²) < 4.78 is 31.6. The molecule has 0 aliphatic rings. The molecule has 0 heterocycles. The van der Waals surface area contributed by atoms with E-state index < -0.39 is 10.0 Å². The molecule has 20 heavy (non-hydrogen) atoms. The minimum atomic E-state index is -3.46. The second-order valence-electron chi connectivity index (χ2n) is 4.87. The lowest BCUT2D eigenvalue weighted by atomic mass is 10.2. The first-order valence-corrected chi connectivity index (χ1v) is 8.14. The molecule has 0 bridgehead atoms. The second kappa shape index (κ2) is 7.06. The lowest BCUT2D eigenvalue weighted by Gasteiger charge is -2.21. The third kappa shape index (κ3) is 3.71. The summed E-state index contributed by atoms with van der Waals surface area (Å²) >= 11 is 0. The summed E-state index contributed by atoms with van der Waals surface area (Å²) in [6, 6.07) is 4.88. The van der Waals surface area contributed by atoms with E-state index in [0.29, 0.717) is 17.2 Å². The fourth-order valence-corrected chi connectivity index (χ4v) is 3.18. The van der Waals surface area contributed by atoms with Crippen molar-refractivity contribution < 1.29 is 13.2 Å². The average molecular weight is 300 g/mol. The van der Waals surface area contributed by atoms with Gasteiger partial charge in [-0.15, -0.1) is 0 Å². The first-order valence-electron chi connectivity index (χ1n) is 6.70. The zero-order valence-electron chi connectivity index (χ0n) is 12.8. The Hall–Kier alpha value is -1.11. The van der Waals surface area contributed by atoms with Gasteiger partial charge in [0, 0.05) is 25.2 Å². The van der Waals surface area contributed by atoms with Crippen molar-refractivity contribution in [2.45, 2.75) is 38.3 Å². The van der Waals surface area contributed by atoms with E-state index in [1.54, 1.807) is 32.4 Å². The first kappa shape index (κ1) is 16.9. The van der Waals surface area contributed by atoms with Crippen LogP contribution in [0, 0.1) is 0 Å². The van der Waals surface area contributed by atoms with Gasteiger partial charge in [-0.25, -0.2) is 8.42 Å². The van der Waals surface area contributed by atoms with Crippen LogP contribution >= 0.6 is 0 Å². The van der Waals surface area contributed by atoms with Gasteiger partial charge in [-0.05, 0) is 38.6 Å².